The highest BCUT2D eigenvalue weighted by atomic mass is 16.2. The summed E-state index contributed by atoms with van der Waals surface area (Å²) < 4.78 is 0. The van der Waals surface area contributed by atoms with Gasteiger partial charge in [-0.15, -0.1) is 0 Å². The molecule has 27 heavy (non-hydrogen) atoms. The third kappa shape index (κ3) is 4.35. The Hall–Kier alpha value is -1.06. The fourth-order valence-corrected chi connectivity index (χ4v) is 7.09. The minimum Gasteiger partial charge on any atom is -0.353 e. The van der Waals surface area contributed by atoms with Crippen LogP contribution in [0.3, 0.4) is 0 Å². The van der Waals surface area contributed by atoms with Gasteiger partial charge >= 0.3 is 0 Å². The van der Waals surface area contributed by atoms with Crippen LogP contribution in [0.25, 0.3) is 0 Å². The van der Waals surface area contributed by atoms with Crippen molar-refractivity contribution in [3.63, 3.8) is 0 Å². The Morgan fingerprint density at radius 2 is 1.19 bits per heavy atom. The molecule has 4 bridgehead atoms. The first-order valence-electron chi connectivity index (χ1n) is 11.6. The highest BCUT2D eigenvalue weighted by molar-refractivity contribution is 5.79. The van der Waals surface area contributed by atoms with E-state index in [9.17, 15) is 9.59 Å². The maximum absolute atomic E-state index is 12.3. The van der Waals surface area contributed by atoms with Crippen LogP contribution in [0.1, 0.15) is 84.5 Å². The summed E-state index contributed by atoms with van der Waals surface area (Å²) in [6, 6.07) is 0.582. The molecule has 4 aliphatic rings. The van der Waals surface area contributed by atoms with Crippen LogP contribution in [0, 0.1) is 35.5 Å². The molecular formula is C23H38N2O2. The number of hydrogen-bond acceptors (Lipinski definition) is 2. The summed E-state index contributed by atoms with van der Waals surface area (Å²) in [6.45, 7) is 4.35. The van der Waals surface area contributed by atoms with Crippen molar-refractivity contribution in [1.29, 1.82) is 0 Å². The molecule has 4 nitrogen and oxygen atoms in total. The van der Waals surface area contributed by atoms with Crippen LogP contribution in [-0.2, 0) is 9.59 Å². The third-order valence-electron chi connectivity index (χ3n) is 8.46. The third-order valence-corrected chi connectivity index (χ3v) is 8.46. The summed E-state index contributed by atoms with van der Waals surface area (Å²) >= 11 is 0. The summed E-state index contributed by atoms with van der Waals surface area (Å²) in [5.41, 5.74) is 0. The van der Waals surface area contributed by atoms with Crippen molar-refractivity contribution in [1.82, 2.24) is 10.6 Å². The molecule has 4 saturated carbocycles. The van der Waals surface area contributed by atoms with Gasteiger partial charge in [-0.3, -0.25) is 9.59 Å². The second-order valence-electron chi connectivity index (χ2n) is 10.2. The second kappa shape index (κ2) is 8.13. The van der Waals surface area contributed by atoms with E-state index in [-0.39, 0.29) is 11.8 Å². The highest BCUT2D eigenvalue weighted by Crippen LogP contribution is 2.50. The summed E-state index contributed by atoms with van der Waals surface area (Å²) in [7, 11) is 0. The molecule has 8 atom stereocenters. The lowest BCUT2D eigenvalue weighted by molar-refractivity contribution is -0.123. The largest absolute Gasteiger partial charge is 0.353 e. The fourth-order valence-electron chi connectivity index (χ4n) is 7.09. The van der Waals surface area contributed by atoms with Crippen molar-refractivity contribution in [2.24, 2.45) is 35.5 Å². The van der Waals surface area contributed by atoms with Crippen LogP contribution in [0.5, 0.6) is 0 Å². The van der Waals surface area contributed by atoms with Gasteiger partial charge in [0.15, 0.2) is 0 Å². The molecule has 0 aromatic heterocycles. The highest BCUT2D eigenvalue weighted by Gasteiger charge is 2.43. The zero-order valence-corrected chi connectivity index (χ0v) is 17.2. The zero-order chi connectivity index (χ0) is 19.0. The lowest BCUT2D eigenvalue weighted by atomic mass is 9.84. The van der Waals surface area contributed by atoms with Gasteiger partial charge in [0.25, 0.3) is 0 Å². The maximum atomic E-state index is 12.3. The average molecular weight is 375 g/mol. The average Bonchev–Trinajstić information content (AvgIpc) is 3.41. The summed E-state index contributed by atoms with van der Waals surface area (Å²) in [5.74, 6) is 5.11. The van der Waals surface area contributed by atoms with Crippen molar-refractivity contribution in [3.8, 4) is 0 Å². The molecule has 0 spiro atoms. The van der Waals surface area contributed by atoms with E-state index in [2.05, 4.69) is 24.5 Å². The first-order valence-corrected chi connectivity index (χ1v) is 11.6. The van der Waals surface area contributed by atoms with Crippen molar-refractivity contribution in [2.45, 2.75) is 96.6 Å². The molecule has 0 aliphatic heterocycles. The minimum absolute atomic E-state index is 0.124. The Bertz CT molecular complexity index is 515. The monoisotopic (exact) mass is 374 g/mol. The molecule has 0 heterocycles. The molecular weight excluding hydrogens is 336 g/mol. The number of hydrogen-bond donors (Lipinski definition) is 2. The summed E-state index contributed by atoms with van der Waals surface area (Å²) in [6.07, 6.45) is 12.5. The molecule has 4 rings (SSSR count). The number of fused-ring (bicyclic) bond motifs is 4. The van der Waals surface area contributed by atoms with E-state index in [0.717, 1.165) is 23.7 Å². The molecule has 0 saturated heterocycles. The van der Waals surface area contributed by atoms with E-state index in [1.807, 2.05) is 0 Å². The molecule has 0 aromatic rings. The molecule has 0 aromatic carbocycles. The normalized spacial score (nSPS) is 38.7. The zero-order valence-electron chi connectivity index (χ0n) is 17.2. The number of amides is 2. The Balaban J connectivity index is 1.11. The van der Waals surface area contributed by atoms with Crippen molar-refractivity contribution in [3.05, 3.63) is 0 Å². The van der Waals surface area contributed by atoms with E-state index < -0.39 is 0 Å². The molecule has 0 radical (unpaired) electrons. The van der Waals surface area contributed by atoms with Crippen LogP contribution < -0.4 is 10.6 Å². The minimum atomic E-state index is 0.124. The van der Waals surface area contributed by atoms with Gasteiger partial charge < -0.3 is 10.6 Å². The predicted molar refractivity (Wildman–Crippen MR) is 107 cm³/mol. The Morgan fingerprint density at radius 3 is 1.52 bits per heavy atom. The second-order valence-corrected chi connectivity index (χ2v) is 10.2. The molecule has 2 amide bonds. The quantitative estimate of drug-likeness (QED) is 0.674. The molecule has 4 fully saturated rings. The molecule has 8 unspecified atom stereocenters. The number of carbonyl (C=O) groups is 2. The summed E-state index contributed by atoms with van der Waals surface area (Å²) in [5, 5.41) is 6.43. The summed E-state index contributed by atoms with van der Waals surface area (Å²) in [4.78, 5) is 24.5. The maximum Gasteiger partial charge on any atom is 0.220 e. The first-order chi connectivity index (χ1) is 13.0. The van der Waals surface area contributed by atoms with Gasteiger partial charge in [-0.1, -0.05) is 12.8 Å². The molecule has 4 heteroatoms. The van der Waals surface area contributed by atoms with Gasteiger partial charge in [-0.25, -0.2) is 0 Å². The van der Waals surface area contributed by atoms with Gasteiger partial charge in [0.2, 0.25) is 11.8 Å². The fraction of sp³-hybridized carbons (Fsp3) is 0.913. The lowest BCUT2D eigenvalue weighted by Gasteiger charge is -2.29. The first kappa shape index (κ1) is 19.3. The smallest absolute Gasteiger partial charge is 0.220 e. The van der Waals surface area contributed by atoms with E-state index in [4.69, 9.17) is 0 Å². The van der Waals surface area contributed by atoms with Crippen molar-refractivity contribution < 1.29 is 9.59 Å². The number of nitrogens with one attached hydrogen (secondary N) is 2. The Morgan fingerprint density at radius 1 is 0.741 bits per heavy atom. The molecule has 4 aliphatic carbocycles. The van der Waals surface area contributed by atoms with Gasteiger partial charge in [0.1, 0.15) is 0 Å². The van der Waals surface area contributed by atoms with Gasteiger partial charge in [-0.2, -0.15) is 0 Å². The van der Waals surface area contributed by atoms with Crippen LogP contribution in [-0.4, -0.2) is 23.9 Å². The number of rotatable bonds is 8. The van der Waals surface area contributed by atoms with Crippen LogP contribution >= 0.6 is 0 Å². The standard InChI is InChI=1S/C23H38N2O2/c1-14(20-12-16-6-8-18(20)10-16)24-22(26)4-3-5-23(27)25-15(2)21-13-17-7-9-19(21)11-17/h14-21H,3-13H2,1-2H3,(H,24,26)(H,25,27). The Labute approximate surface area is 164 Å². The SMILES string of the molecule is CC(NC(=O)CCCC(=O)NC(C)C1CC2CCC1C2)C1CC2CCC1C2. The molecule has 152 valence electrons. The Kier molecular flexibility index (Phi) is 5.80. The van der Waals surface area contributed by atoms with E-state index in [1.165, 1.54) is 51.4 Å². The lowest BCUT2D eigenvalue weighted by Crippen LogP contribution is -2.41. The van der Waals surface area contributed by atoms with E-state index in [1.54, 1.807) is 0 Å². The number of carbonyl (C=O) groups excluding carboxylic acids is 2. The molecule has 2 N–H and O–H groups in total. The van der Waals surface area contributed by atoms with Crippen LogP contribution in [0.15, 0.2) is 0 Å². The van der Waals surface area contributed by atoms with E-state index in [0.29, 0.717) is 43.2 Å². The van der Waals surface area contributed by atoms with Crippen molar-refractivity contribution in [2.75, 3.05) is 0 Å². The van der Waals surface area contributed by atoms with Gasteiger partial charge in [0.05, 0.1) is 0 Å². The van der Waals surface area contributed by atoms with E-state index >= 15 is 0 Å². The van der Waals surface area contributed by atoms with Crippen LogP contribution in [0.2, 0.25) is 0 Å². The van der Waals surface area contributed by atoms with Gasteiger partial charge in [-0.05, 0) is 94.3 Å². The van der Waals surface area contributed by atoms with Gasteiger partial charge in [0, 0.05) is 24.9 Å². The van der Waals surface area contributed by atoms with Crippen molar-refractivity contribution >= 4 is 11.8 Å². The van der Waals surface area contributed by atoms with Crippen LogP contribution in [0.4, 0.5) is 0 Å². The predicted octanol–water partition coefficient (Wildman–Crippen LogP) is 4.04. The topological polar surface area (TPSA) is 58.2 Å².